The van der Waals surface area contributed by atoms with Crippen molar-refractivity contribution in [2.45, 2.75) is 25.2 Å². The summed E-state index contributed by atoms with van der Waals surface area (Å²) in [5.41, 5.74) is 4.36. The quantitative estimate of drug-likeness (QED) is 0.752. The largest absolute Gasteiger partial charge is 0.305 e. The van der Waals surface area contributed by atoms with Gasteiger partial charge in [0.2, 0.25) is 0 Å². The molecule has 2 aliphatic heterocycles. The number of halogens is 2. The zero-order valence-electron chi connectivity index (χ0n) is 14.8. The first-order chi connectivity index (χ1) is 12.8. The van der Waals surface area contributed by atoms with Gasteiger partial charge in [0.05, 0.1) is 11.7 Å². The fraction of sp³-hybridized carbons (Fsp3) is 0.300. The summed E-state index contributed by atoms with van der Waals surface area (Å²) in [4.78, 5) is 2.40. The van der Waals surface area contributed by atoms with Gasteiger partial charge in [-0.05, 0) is 17.7 Å². The van der Waals surface area contributed by atoms with E-state index in [9.17, 15) is 4.39 Å². The van der Waals surface area contributed by atoms with E-state index in [0.717, 1.165) is 48.7 Å². The highest BCUT2D eigenvalue weighted by atomic mass is 35.5. The molecule has 2 aliphatic rings. The lowest BCUT2D eigenvalue weighted by Gasteiger charge is -2.27. The molecule has 0 radical (unpaired) electrons. The van der Waals surface area contributed by atoms with Crippen molar-refractivity contribution in [1.82, 2.24) is 25.2 Å². The fourth-order valence-electron chi connectivity index (χ4n) is 4.08. The summed E-state index contributed by atoms with van der Waals surface area (Å²) < 4.78 is 15.2. The molecule has 0 spiro atoms. The Labute approximate surface area is 163 Å². The molecule has 27 heavy (non-hydrogen) atoms. The summed E-state index contributed by atoms with van der Waals surface area (Å²) >= 11 is 0. The Kier molecular flexibility index (Phi) is 4.95. The number of rotatable bonds is 3. The summed E-state index contributed by atoms with van der Waals surface area (Å²) in [6, 6.07) is 17.6. The maximum absolute atomic E-state index is 13.1. The standard InChI is InChI=1S/C20H20FN5.ClH/c21-16-8-6-14(7-9-16)11-25-12-17-19(13-25)26-18(10-22-17)20(23-24-26)15-4-2-1-3-5-15;/h1-9,17,19,22H,10-13H2;1H/t17-,19-;/m0./s1. The molecule has 5 nitrogen and oxygen atoms in total. The van der Waals surface area contributed by atoms with E-state index in [1.807, 2.05) is 30.3 Å². The molecule has 3 heterocycles. The monoisotopic (exact) mass is 385 g/mol. The van der Waals surface area contributed by atoms with Gasteiger partial charge in [0, 0.05) is 37.8 Å². The Morgan fingerprint density at radius 3 is 2.59 bits per heavy atom. The van der Waals surface area contributed by atoms with E-state index in [2.05, 4.69) is 37.3 Å². The van der Waals surface area contributed by atoms with Crippen molar-refractivity contribution in [2.24, 2.45) is 0 Å². The van der Waals surface area contributed by atoms with Crippen molar-refractivity contribution < 1.29 is 4.39 Å². The molecule has 2 aromatic carbocycles. The molecule has 0 aliphatic carbocycles. The molecule has 0 unspecified atom stereocenters. The Balaban J connectivity index is 0.00000180. The Bertz CT molecular complexity index is 912. The van der Waals surface area contributed by atoms with Crippen molar-refractivity contribution in [2.75, 3.05) is 13.1 Å². The first-order valence-electron chi connectivity index (χ1n) is 8.97. The van der Waals surface area contributed by atoms with Crippen LogP contribution in [-0.4, -0.2) is 39.0 Å². The van der Waals surface area contributed by atoms with Gasteiger partial charge in [0.15, 0.2) is 0 Å². The third kappa shape index (κ3) is 3.36. The molecule has 2 atom stereocenters. The Hall–Kier alpha value is -2.28. The highest BCUT2D eigenvalue weighted by Gasteiger charge is 2.39. The fourth-order valence-corrected chi connectivity index (χ4v) is 4.08. The van der Waals surface area contributed by atoms with E-state index in [1.54, 1.807) is 0 Å². The van der Waals surface area contributed by atoms with Crippen LogP contribution >= 0.6 is 12.4 Å². The number of benzene rings is 2. The highest BCUT2D eigenvalue weighted by Crippen LogP contribution is 2.31. The van der Waals surface area contributed by atoms with Gasteiger partial charge in [-0.15, -0.1) is 17.5 Å². The summed E-state index contributed by atoms with van der Waals surface area (Å²) in [6.07, 6.45) is 0. The predicted octanol–water partition coefficient (Wildman–Crippen LogP) is 3.03. The minimum atomic E-state index is -0.189. The maximum atomic E-state index is 13.1. The Morgan fingerprint density at radius 2 is 1.81 bits per heavy atom. The molecule has 140 valence electrons. The van der Waals surface area contributed by atoms with Gasteiger partial charge in [-0.3, -0.25) is 4.90 Å². The number of likely N-dealkylation sites (tertiary alicyclic amines) is 1. The van der Waals surface area contributed by atoms with Gasteiger partial charge in [-0.25, -0.2) is 9.07 Å². The lowest BCUT2D eigenvalue weighted by atomic mass is 10.1. The predicted molar refractivity (Wildman–Crippen MR) is 104 cm³/mol. The minimum Gasteiger partial charge on any atom is -0.305 e. The molecule has 1 N–H and O–H groups in total. The van der Waals surface area contributed by atoms with Gasteiger partial charge < -0.3 is 5.32 Å². The number of fused-ring (bicyclic) bond motifs is 3. The molecule has 3 aromatic rings. The number of hydrogen-bond acceptors (Lipinski definition) is 4. The van der Waals surface area contributed by atoms with Gasteiger partial charge >= 0.3 is 0 Å². The first kappa shape index (κ1) is 18.1. The molecule has 7 heteroatoms. The van der Waals surface area contributed by atoms with E-state index < -0.39 is 0 Å². The van der Waals surface area contributed by atoms with Crippen LogP contribution in [0.3, 0.4) is 0 Å². The van der Waals surface area contributed by atoms with E-state index in [4.69, 9.17) is 0 Å². The summed E-state index contributed by atoms with van der Waals surface area (Å²) in [5, 5.41) is 12.6. The summed E-state index contributed by atoms with van der Waals surface area (Å²) in [6.45, 7) is 3.48. The van der Waals surface area contributed by atoms with Crippen LogP contribution in [0.25, 0.3) is 11.3 Å². The molecule has 0 amide bonds. The van der Waals surface area contributed by atoms with Gasteiger partial charge in [-0.1, -0.05) is 47.7 Å². The zero-order valence-corrected chi connectivity index (χ0v) is 15.6. The SMILES string of the molecule is Cl.Fc1ccc(CN2C[C@@H]3NCc4c(-c5ccccc5)nnn4[C@H]3C2)cc1. The minimum absolute atomic E-state index is 0. The van der Waals surface area contributed by atoms with Crippen molar-refractivity contribution in [3.8, 4) is 11.3 Å². The maximum Gasteiger partial charge on any atom is 0.123 e. The third-order valence-corrected chi connectivity index (χ3v) is 5.37. The van der Waals surface area contributed by atoms with E-state index in [1.165, 1.54) is 12.1 Å². The van der Waals surface area contributed by atoms with Crippen molar-refractivity contribution in [1.29, 1.82) is 0 Å². The van der Waals surface area contributed by atoms with E-state index in [-0.39, 0.29) is 24.3 Å². The van der Waals surface area contributed by atoms with Gasteiger partial charge in [0.1, 0.15) is 11.5 Å². The molecule has 0 saturated carbocycles. The second-order valence-corrected chi connectivity index (χ2v) is 7.07. The lowest BCUT2D eigenvalue weighted by molar-refractivity contribution is 0.307. The second kappa shape index (κ2) is 7.38. The van der Waals surface area contributed by atoms with Crippen LogP contribution in [-0.2, 0) is 13.1 Å². The van der Waals surface area contributed by atoms with Crippen molar-refractivity contribution in [3.63, 3.8) is 0 Å². The number of nitrogens with one attached hydrogen (secondary N) is 1. The van der Waals surface area contributed by atoms with Crippen LogP contribution < -0.4 is 5.32 Å². The number of hydrogen-bond donors (Lipinski definition) is 1. The molecule has 1 aromatic heterocycles. The van der Waals surface area contributed by atoms with E-state index >= 15 is 0 Å². The van der Waals surface area contributed by atoms with Crippen LogP contribution in [0.5, 0.6) is 0 Å². The molecule has 1 fully saturated rings. The highest BCUT2D eigenvalue weighted by molar-refractivity contribution is 5.85. The normalized spacial score (nSPS) is 21.4. The van der Waals surface area contributed by atoms with Crippen LogP contribution in [0.4, 0.5) is 4.39 Å². The number of aromatic nitrogens is 3. The first-order valence-corrected chi connectivity index (χ1v) is 8.97. The van der Waals surface area contributed by atoms with E-state index in [0.29, 0.717) is 6.04 Å². The van der Waals surface area contributed by atoms with Crippen molar-refractivity contribution in [3.05, 3.63) is 71.7 Å². The smallest absolute Gasteiger partial charge is 0.123 e. The summed E-state index contributed by atoms with van der Waals surface area (Å²) in [5.74, 6) is -0.189. The molecular formula is C20H21ClFN5. The van der Waals surface area contributed by atoms with Crippen LogP contribution in [0.1, 0.15) is 17.3 Å². The molecule has 0 bridgehead atoms. The average molecular weight is 386 g/mol. The Morgan fingerprint density at radius 1 is 1.04 bits per heavy atom. The topological polar surface area (TPSA) is 46.0 Å². The van der Waals surface area contributed by atoms with Crippen molar-refractivity contribution >= 4 is 12.4 Å². The van der Waals surface area contributed by atoms with Crippen LogP contribution in [0.15, 0.2) is 54.6 Å². The molecule has 5 rings (SSSR count). The molecular weight excluding hydrogens is 365 g/mol. The van der Waals surface area contributed by atoms with Gasteiger partial charge in [-0.2, -0.15) is 0 Å². The summed E-state index contributed by atoms with van der Waals surface area (Å²) in [7, 11) is 0. The lowest BCUT2D eigenvalue weighted by Crippen LogP contribution is -2.42. The third-order valence-electron chi connectivity index (χ3n) is 5.37. The zero-order chi connectivity index (χ0) is 17.5. The van der Waals surface area contributed by atoms with Crippen LogP contribution in [0.2, 0.25) is 0 Å². The van der Waals surface area contributed by atoms with Gasteiger partial charge in [0.25, 0.3) is 0 Å². The van der Waals surface area contributed by atoms with Crippen LogP contribution in [0, 0.1) is 5.82 Å². The second-order valence-electron chi connectivity index (χ2n) is 7.07. The molecule has 1 saturated heterocycles. The number of nitrogens with zero attached hydrogens (tertiary/aromatic N) is 4. The average Bonchev–Trinajstić information content (AvgIpc) is 3.27.